The van der Waals surface area contributed by atoms with Gasteiger partial charge in [-0.3, -0.25) is 4.79 Å². The van der Waals surface area contributed by atoms with Crippen LogP contribution < -0.4 is 0 Å². The molecule has 0 unspecified atom stereocenters. The van der Waals surface area contributed by atoms with E-state index in [1.807, 2.05) is 7.05 Å². The molecule has 0 saturated carbocycles. The minimum absolute atomic E-state index is 0.0125. The van der Waals surface area contributed by atoms with Gasteiger partial charge >= 0.3 is 0 Å². The van der Waals surface area contributed by atoms with E-state index in [0.29, 0.717) is 17.1 Å². The molecule has 0 aliphatic heterocycles. The summed E-state index contributed by atoms with van der Waals surface area (Å²) < 4.78 is 58.5. The van der Waals surface area contributed by atoms with Gasteiger partial charge < -0.3 is 4.57 Å². The molecule has 1 aliphatic rings. The Morgan fingerprint density at radius 3 is 2.53 bits per heavy atom. The fourth-order valence-corrected chi connectivity index (χ4v) is 5.92. The first-order valence-corrected chi connectivity index (χ1v) is 10.8. The van der Waals surface area contributed by atoms with E-state index in [1.54, 1.807) is 29.0 Å². The van der Waals surface area contributed by atoms with Crippen LogP contribution in [0.3, 0.4) is 0 Å². The van der Waals surface area contributed by atoms with Gasteiger partial charge in [0, 0.05) is 53.5 Å². The Morgan fingerprint density at radius 1 is 0.967 bits per heavy atom. The molecule has 5 nitrogen and oxygen atoms in total. The van der Waals surface area contributed by atoms with Gasteiger partial charge in [0.25, 0.3) is 10.0 Å². The maximum Gasteiger partial charge on any atom is 0.269 e. The molecule has 2 aromatic carbocycles. The van der Waals surface area contributed by atoms with Crippen LogP contribution in [0, 0.1) is 11.6 Å². The van der Waals surface area contributed by atoms with E-state index in [1.165, 1.54) is 18.2 Å². The van der Waals surface area contributed by atoms with Crippen LogP contribution in [-0.2, 0) is 23.5 Å². The maximum absolute atomic E-state index is 14.6. The van der Waals surface area contributed by atoms with Gasteiger partial charge in [0.2, 0.25) is 0 Å². The monoisotopic (exact) mass is 426 g/mol. The lowest BCUT2D eigenvalue weighted by Crippen LogP contribution is -2.17. The molecule has 2 heterocycles. The van der Waals surface area contributed by atoms with Gasteiger partial charge in [0.15, 0.2) is 5.78 Å². The van der Waals surface area contributed by atoms with Crippen molar-refractivity contribution in [3.8, 4) is 11.3 Å². The summed E-state index contributed by atoms with van der Waals surface area (Å²) in [6, 6.07) is 11.0. The zero-order valence-corrected chi connectivity index (χ0v) is 16.7. The summed E-state index contributed by atoms with van der Waals surface area (Å²) in [6.45, 7) is 0. The molecular formula is C22H16F2N2O3S. The average Bonchev–Trinajstić information content (AvgIpc) is 3.37. The third-order valence-corrected chi connectivity index (χ3v) is 7.37. The summed E-state index contributed by atoms with van der Waals surface area (Å²) in [4.78, 5) is 12.4. The summed E-state index contributed by atoms with van der Waals surface area (Å²) in [5.74, 6) is -1.86. The van der Waals surface area contributed by atoms with Gasteiger partial charge in [0.1, 0.15) is 11.6 Å². The van der Waals surface area contributed by atoms with Crippen molar-refractivity contribution in [2.45, 2.75) is 17.7 Å². The molecule has 0 radical (unpaired) electrons. The highest BCUT2D eigenvalue weighted by atomic mass is 32.2. The third-order valence-electron chi connectivity index (χ3n) is 5.56. The number of ketones is 1. The van der Waals surface area contributed by atoms with E-state index in [0.717, 1.165) is 15.6 Å². The third kappa shape index (κ3) is 2.56. The van der Waals surface area contributed by atoms with Crippen molar-refractivity contribution in [2.75, 3.05) is 0 Å². The standard InChI is InChI=1S/C22H16F2N2O3S/c1-25-10-9-15-18(25)3-2-4-22(15)30(28,29)26-19-7-8-21(27)16(19)12-20(26)14-6-5-13(23)11-17(14)24/h2-6,9-12H,7-8H2,1H3. The van der Waals surface area contributed by atoms with Crippen LogP contribution in [-0.4, -0.2) is 22.7 Å². The highest BCUT2D eigenvalue weighted by molar-refractivity contribution is 7.90. The highest BCUT2D eigenvalue weighted by Crippen LogP contribution is 2.37. The van der Waals surface area contributed by atoms with Crippen molar-refractivity contribution in [1.82, 2.24) is 8.54 Å². The van der Waals surface area contributed by atoms with Gasteiger partial charge in [0.05, 0.1) is 10.6 Å². The average molecular weight is 426 g/mol. The van der Waals surface area contributed by atoms with Crippen molar-refractivity contribution in [1.29, 1.82) is 0 Å². The molecule has 2 aromatic heterocycles. The first kappa shape index (κ1) is 18.7. The molecule has 0 saturated heterocycles. The zero-order valence-electron chi connectivity index (χ0n) is 15.9. The van der Waals surface area contributed by atoms with E-state index in [4.69, 9.17) is 0 Å². The summed E-state index contributed by atoms with van der Waals surface area (Å²) in [5.41, 5.74) is 1.25. The summed E-state index contributed by atoms with van der Waals surface area (Å²) in [6.07, 6.45) is 2.19. The van der Waals surface area contributed by atoms with E-state index in [-0.39, 0.29) is 40.3 Å². The summed E-state index contributed by atoms with van der Waals surface area (Å²) in [5, 5.41) is 0.525. The summed E-state index contributed by atoms with van der Waals surface area (Å²) >= 11 is 0. The number of fused-ring (bicyclic) bond motifs is 2. The first-order chi connectivity index (χ1) is 14.3. The fourth-order valence-electron chi connectivity index (χ4n) is 4.13. The highest BCUT2D eigenvalue weighted by Gasteiger charge is 2.34. The number of hydrogen-bond donors (Lipinski definition) is 0. The molecule has 30 heavy (non-hydrogen) atoms. The predicted octanol–water partition coefficient (Wildman–Crippen LogP) is 4.29. The van der Waals surface area contributed by atoms with Gasteiger partial charge in [-0.2, -0.15) is 0 Å². The van der Waals surface area contributed by atoms with E-state index in [9.17, 15) is 22.0 Å². The molecule has 0 atom stereocenters. The molecular weight excluding hydrogens is 410 g/mol. The molecule has 1 aliphatic carbocycles. The van der Waals surface area contributed by atoms with Gasteiger partial charge in [-0.1, -0.05) is 6.07 Å². The minimum Gasteiger partial charge on any atom is -0.351 e. The first-order valence-electron chi connectivity index (χ1n) is 9.32. The van der Waals surface area contributed by atoms with Crippen LogP contribution in [0.25, 0.3) is 22.2 Å². The Hall–Kier alpha value is -3.26. The van der Waals surface area contributed by atoms with Crippen LogP contribution in [0.5, 0.6) is 0 Å². The lowest BCUT2D eigenvalue weighted by Gasteiger charge is -2.15. The van der Waals surface area contributed by atoms with Crippen LogP contribution in [0.15, 0.2) is 59.6 Å². The molecule has 5 rings (SSSR count). The molecule has 0 fully saturated rings. The van der Waals surface area contributed by atoms with Crippen LogP contribution in [0.2, 0.25) is 0 Å². The zero-order chi connectivity index (χ0) is 21.2. The van der Waals surface area contributed by atoms with Gasteiger partial charge in [-0.15, -0.1) is 0 Å². The smallest absolute Gasteiger partial charge is 0.269 e. The number of aryl methyl sites for hydroxylation is 1. The van der Waals surface area contributed by atoms with Crippen molar-refractivity contribution < 1.29 is 22.0 Å². The molecule has 0 amide bonds. The molecule has 0 bridgehead atoms. The van der Waals surface area contributed by atoms with Crippen molar-refractivity contribution in [3.63, 3.8) is 0 Å². The van der Waals surface area contributed by atoms with Crippen LogP contribution >= 0.6 is 0 Å². The molecule has 152 valence electrons. The van der Waals surface area contributed by atoms with Crippen molar-refractivity contribution >= 4 is 26.7 Å². The summed E-state index contributed by atoms with van der Waals surface area (Å²) in [7, 11) is -2.36. The number of carbonyl (C=O) groups excluding carboxylic acids is 1. The van der Waals surface area contributed by atoms with Crippen molar-refractivity contribution in [2.24, 2.45) is 7.05 Å². The Morgan fingerprint density at radius 2 is 1.77 bits per heavy atom. The Balaban J connectivity index is 1.84. The largest absolute Gasteiger partial charge is 0.351 e. The second kappa shape index (κ2) is 6.37. The quantitative estimate of drug-likeness (QED) is 0.491. The SMILES string of the molecule is Cn1ccc2c(S(=O)(=O)n3c(-c4ccc(F)cc4F)cc4c3CCC4=O)cccc21. The number of carbonyl (C=O) groups is 1. The van der Waals surface area contributed by atoms with Gasteiger partial charge in [-0.25, -0.2) is 21.2 Å². The number of benzene rings is 2. The predicted molar refractivity (Wildman–Crippen MR) is 108 cm³/mol. The fraction of sp³-hybridized carbons (Fsp3) is 0.136. The Labute approximate surface area is 171 Å². The maximum atomic E-state index is 14.6. The van der Waals surface area contributed by atoms with Crippen LogP contribution in [0.1, 0.15) is 22.5 Å². The Kier molecular flexibility index (Phi) is 3.98. The second-order valence-corrected chi connectivity index (χ2v) is 9.08. The van der Waals surface area contributed by atoms with Crippen molar-refractivity contribution in [3.05, 3.63) is 77.6 Å². The van der Waals surface area contributed by atoms with E-state index >= 15 is 0 Å². The number of aromatic nitrogens is 2. The normalized spacial score (nSPS) is 13.9. The Bertz CT molecular complexity index is 1470. The number of Topliss-reactive ketones (excluding diaryl/α,β-unsaturated/α-hetero) is 1. The molecule has 8 heteroatoms. The van der Waals surface area contributed by atoms with Gasteiger partial charge in [-0.05, 0) is 42.8 Å². The van der Waals surface area contributed by atoms with Crippen LogP contribution in [0.4, 0.5) is 8.78 Å². The number of halogens is 2. The number of rotatable bonds is 3. The number of hydrogen-bond acceptors (Lipinski definition) is 3. The van der Waals surface area contributed by atoms with E-state index < -0.39 is 21.7 Å². The topological polar surface area (TPSA) is 61.1 Å². The molecule has 0 spiro atoms. The lowest BCUT2D eigenvalue weighted by atomic mass is 10.1. The second-order valence-electron chi connectivity index (χ2n) is 7.32. The molecule has 4 aromatic rings. The number of nitrogens with zero attached hydrogens (tertiary/aromatic N) is 2. The van der Waals surface area contributed by atoms with E-state index in [2.05, 4.69) is 0 Å². The minimum atomic E-state index is -4.17. The molecule has 0 N–H and O–H groups in total. The lowest BCUT2D eigenvalue weighted by molar-refractivity contribution is 0.0994.